The van der Waals surface area contributed by atoms with Crippen molar-refractivity contribution >= 4 is 5.82 Å². The number of hydrogen-bond donors (Lipinski definition) is 1. The molecule has 3 nitrogen and oxygen atoms in total. The second kappa shape index (κ2) is 9.31. The van der Waals surface area contributed by atoms with E-state index >= 15 is 0 Å². The highest BCUT2D eigenvalue weighted by Gasteiger charge is 2.14. The lowest BCUT2D eigenvalue weighted by molar-refractivity contribution is 0.601. The zero-order valence-corrected chi connectivity index (χ0v) is 16.9. The molecule has 0 fully saturated rings. The smallest absolute Gasteiger partial charge is 0.148 e. The Balaban J connectivity index is 1.61. The number of aromatic nitrogens is 2. The van der Waals surface area contributed by atoms with Gasteiger partial charge >= 0.3 is 0 Å². The van der Waals surface area contributed by atoms with Crippen LogP contribution in [0.1, 0.15) is 23.7 Å². The van der Waals surface area contributed by atoms with E-state index in [1.165, 1.54) is 11.6 Å². The molecule has 150 valence electrons. The maximum Gasteiger partial charge on any atom is 0.148 e. The van der Waals surface area contributed by atoms with E-state index in [0.29, 0.717) is 18.4 Å². The minimum absolute atomic E-state index is 0.00768. The quantitative estimate of drug-likeness (QED) is 0.421. The summed E-state index contributed by atoms with van der Waals surface area (Å²) in [6.07, 6.45) is 3.03. The van der Waals surface area contributed by atoms with Gasteiger partial charge in [0, 0.05) is 18.0 Å². The first-order valence-electron chi connectivity index (χ1n) is 10.1. The molecule has 4 aromatic rings. The second-order valence-corrected chi connectivity index (χ2v) is 7.42. The molecule has 1 aromatic heterocycles. The van der Waals surface area contributed by atoms with E-state index in [9.17, 15) is 4.39 Å². The topological polar surface area (TPSA) is 37.8 Å². The Bertz CT molecular complexity index is 1100. The highest BCUT2D eigenvalue weighted by atomic mass is 19.1. The molecule has 3 aromatic carbocycles. The normalized spacial score (nSPS) is 11.8. The van der Waals surface area contributed by atoms with Gasteiger partial charge in [0.25, 0.3) is 0 Å². The molecule has 0 radical (unpaired) electrons. The molecule has 0 aliphatic carbocycles. The molecule has 1 unspecified atom stereocenters. The van der Waals surface area contributed by atoms with Crippen molar-refractivity contribution in [1.82, 2.24) is 9.97 Å². The van der Waals surface area contributed by atoms with Crippen LogP contribution in [0, 0.1) is 5.82 Å². The number of benzene rings is 3. The number of anilines is 1. The van der Waals surface area contributed by atoms with Crippen molar-refractivity contribution in [3.05, 3.63) is 114 Å². The zero-order chi connectivity index (χ0) is 20.8. The van der Waals surface area contributed by atoms with Gasteiger partial charge < -0.3 is 5.32 Å². The zero-order valence-electron chi connectivity index (χ0n) is 16.9. The monoisotopic (exact) mass is 397 g/mol. The summed E-state index contributed by atoms with van der Waals surface area (Å²) in [7, 11) is 0. The van der Waals surface area contributed by atoms with Gasteiger partial charge in [-0.1, -0.05) is 78.9 Å². The molecule has 1 N–H and O–H groups in total. The SMILES string of the molecule is CC(Cc1ccccc1F)Nc1ncc(-c2ccccc2)nc1Cc1ccccc1. The summed E-state index contributed by atoms with van der Waals surface area (Å²) in [5.41, 5.74) is 4.61. The predicted octanol–water partition coefficient (Wildman–Crippen LogP) is 5.92. The average Bonchev–Trinajstić information content (AvgIpc) is 2.78. The Labute approximate surface area is 176 Å². The van der Waals surface area contributed by atoms with Crippen LogP contribution in [0.2, 0.25) is 0 Å². The summed E-state index contributed by atoms with van der Waals surface area (Å²) in [6.45, 7) is 2.03. The maximum atomic E-state index is 14.0. The van der Waals surface area contributed by atoms with Crippen LogP contribution in [0.15, 0.2) is 91.1 Å². The largest absolute Gasteiger partial charge is 0.366 e. The van der Waals surface area contributed by atoms with Crippen LogP contribution >= 0.6 is 0 Å². The molecule has 0 aliphatic rings. The Morgan fingerprint density at radius 1 is 0.867 bits per heavy atom. The van der Waals surface area contributed by atoms with Crippen LogP contribution in [0.4, 0.5) is 10.2 Å². The first-order valence-corrected chi connectivity index (χ1v) is 10.1. The number of hydrogen-bond acceptors (Lipinski definition) is 3. The summed E-state index contributed by atoms with van der Waals surface area (Å²) in [6, 6.07) is 27.2. The van der Waals surface area contributed by atoms with Crippen LogP contribution in [0.25, 0.3) is 11.3 Å². The Morgan fingerprint density at radius 3 is 2.27 bits per heavy atom. The number of nitrogens with zero attached hydrogens (tertiary/aromatic N) is 2. The summed E-state index contributed by atoms with van der Waals surface area (Å²) in [5, 5.41) is 3.44. The number of halogens is 1. The summed E-state index contributed by atoms with van der Waals surface area (Å²) in [5.74, 6) is 0.559. The number of nitrogens with one attached hydrogen (secondary N) is 1. The van der Waals surface area contributed by atoms with Crippen molar-refractivity contribution in [2.75, 3.05) is 5.32 Å². The highest BCUT2D eigenvalue weighted by molar-refractivity contribution is 5.60. The summed E-state index contributed by atoms with van der Waals surface area (Å²) < 4.78 is 14.0. The lowest BCUT2D eigenvalue weighted by Gasteiger charge is -2.18. The van der Waals surface area contributed by atoms with Crippen molar-refractivity contribution in [3.8, 4) is 11.3 Å². The molecule has 1 atom stereocenters. The van der Waals surface area contributed by atoms with Crippen molar-refractivity contribution in [1.29, 1.82) is 0 Å². The van der Waals surface area contributed by atoms with Gasteiger partial charge in [0.15, 0.2) is 0 Å². The standard InChI is InChI=1S/C26H24FN3/c1-19(16-22-14-8-9-15-23(22)27)29-26-24(17-20-10-4-2-5-11-20)30-25(18-28-26)21-12-6-3-7-13-21/h2-15,18-19H,16-17H2,1H3,(H,28,29). The molecule has 0 aliphatic heterocycles. The Kier molecular flexibility index (Phi) is 6.14. The maximum absolute atomic E-state index is 14.0. The van der Waals surface area contributed by atoms with Crippen LogP contribution < -0.4 is 5.32 Å². The van der Waals surface area contributed by atoms with Gasteiger partial charge in [-0.05, 0) is 30.5 Å². The van der Waals surface area contributed by atoms with Gasteiger partial charge in [-0.15, -0.1) is 0 Å². The molecular weight excluding hydrogens is 373 g/mol. The molecule has 0 spiro atoms. The van der Waals surface area contributed by atoms with Crippen LogP contribution in [-0.4, -0.2) is 16.0 Å². The number of rotatable bonds is 7. The first-order chi connectivity index (χ1) is 14.7. The second-order valence-electron chi connectivity index (χ2n) is 7.42. The van der Waals surface area contributed by atoms with Gasteiger partial charge in [0.1, 0.15) is 11.6 Å². The van der Waals surface area contributed by atoms with Crippen molar-refractivity contribution in [2.24, 2.45) is 0 Å². The third kappa shape index (κ3) is 4.90. The summed E-state index contributed by atoms with van der Waals surface area (Å²) in [4.78, 5) is 9.60. The van der Waals surface area contributed by atoms with Gasteiger partial charge in [-0.2, -0.15) is 0 Å². The van der Waals surface area contributed by atoms with Gasteiger partial charge in [0.05, 0.1) is 17.6 Å². The minimum Gasteiger partial charge on any atom is -0.366 e. The van der Waals surface area contributed by atoms with E-state index in [2.05, 4.69) is 22.4 Å². The van der Waals surface area contributed by atoms with Crippen molar-refractivity contribution in [3.63, 3.8) is 0 Å². The van der Waals surface area contributed by atoms with E-state index in [1.54, 1.807) is 12.3 Å². The van der Waals surface area contributed by atoms with Gasteiger partial charge in [0.2, 0.25) is 0 Å². The van der Waals surface area contributed by atoms with E-state index < -0.39 is 0 Å². The average molecular weight is 397 g/mol. The fourth-order valence-corrected chi connectivity index (χ4v) is 3.49. The molecule has 0 saturated heterocycles. The van der Waals surface area contributed by atoms with E-state index in [4.69, 9.17) is 4.98 Å². The minimum atomic E-state index is -0.179. The fourth-order valence-electron chi connectivity index (χ4n) is 3.49. The van der Waals surface area contributed by atoms with Crippen LogP contribution in [0.5, 0.6) is 0 Å². The van der Waals surface area contributed by atoms with Gasteiger partial charge in [-0.25, -0.2) is 14.4 Å². The molecule has 4 rings (SSSR count). The van der Waals surface area contributed by atoms with Crippen LogP contribution in [-0.2, 0) is 12.8 Å². The van der Waals surface area contributed by atoms with Crippen molar-refractivity contribution in [2.45, 2.75) is 25.8 Å². The first kappa shape index (κ1) is 19.8. The lowest BCUT2D eigenvalue weighted by Crippen LogP contribution is -2.21. The predicted molar refractivity (Wildman–Crippen MR) is 120 cm³/mol. The highest BCUT2D eigenvalue weighted by Crippen LogP contribution is 2.22. The van der Waals surface area contributed by atoms with E-state index in [1.807, 2.05) is 67.6 Å². The third-order valence-corrected chi connectivity index (χ3v) is 5.00. The lowest BCUT2D eigenvalue weighted by atomic mass is 10.1. The molecule has 0 saturated carbocycles. The molecule has 1 heterocycles. The fraction of sp³-hybridized carbons (Fsp3) is 0.154. The molecule has 0 amide bonds. The van der Waals surface area contributed by atoms with E-state index in [-0.39, 0.29) is 11.9 Å². The van der Waals surface area contributed by atoms with Gasteiger partial charge in [-0.3, -0.25) is 0 Å². The summed E-state index contributed by atoms with van der Waals surface area (Å²) >= 11 is 0. The van der Waals surface area contributed by atoms with Crippen molar-refractivity contribution < 1.29 is 4.39 Å². The molecule has 4 heteroatoms. The molecule has 0 bridgehead atoms. The van der Waals surface area contributed by atoms with Crippen LogP contribution in [0.3, 0.4) is 0 Å². The van der Waals surface area contributed by atoms with E-state index in [0.717, 1.165) is 22.8 Å². The molecule has 30 heavy (non-hydrogen) atoms. The Hall–Kier alpha value is -3.53. The third-order valence-electron chi connectivity index (χ3n) is 5.00. The Morgan fingerprint density at radius 2 is 1.53 bits per heavy atom. The molecular formula is C26H24FN3.